The Labute approximate surface area is 428 Å². The van der Waals surface area contributed by atoms with Crippen molar-refractivity contribution >= 4 is 17.9 Å². The molecule has 11 nitrogen and oxygen atoms in total. The molecule has 0 unspecified atom stereocenters. The highest BCUT2D eigenvalue weighted by Gasteiger charge is 2.16. The standard InChI is InChI=1S/C12H18.C11H15NO.C8H17NO2.C8H17N.C6H13NO.2C5H13N.C3H9N/c1-11(2)7-6-10-12-8-4-3-5-9-12;1-9(2)12(3)11(13)10-7-5-4-6-8-10;1-6(2)9-7(10)11-8(3,4)5;1-8(2)9-6-4-3-5-7-9;1-5(2)7(4)6(3)8;1-5(2)6(3)4;1-4-6-5(2)3;1-3(2)4/h3-5,8-9,11H,6-7,10H2,1-2H3;4-9H,1-3H3;6H,1-5H3,(H,9,10);8H,3-7H2,1-2H3;5H,1-4H3;5H,1-4H3;5-6H,4H2,1-3H3;3H,4H2,1-2H3. The number of alkyl carbamates (subject to hydrolysis) is 1. The Morgan fingerprint density at radius 1 is 0.667 bits per heavy atom. The summed E-state index contributed by atoms with van der Waals surface area (Å²) in [7, 11) is 7.77. The molecule has 406 valence electrons. The molecule has 1 fully saturated rings. The molecule has 2 aromatic carbocycles. The van der Waals surface area contributed by atoms with Gasteiger partial charge in [-0.1, -0.05) is 110 Å². The van der Waals surface area contributed by atoms with Gasteiger partial charge in [-0.25, -0.2) is 4.79 Å². The molecule has 4 N–H and O–H groups in total. The summed E-state index contributed by atoms with van der Waals surface area (Å²) in [5.41, 5.74) is 6.93. The smallest absolute Gasteiger partial charge is 0.407 e. The van der Waals surface area contributed by atoms with Gasteiger partial charge in [0.2, 0.25) is 5.91 Å². The molecule has 0 atom stereocenters. The van der Waals surface area contributed by atoms with E-state index in [4.69, 9.17) is 10.5 Å². The molecule has 2 aromatic rings. The first-order valence-electron chi connectivity index (χ1n) is 26.2. The van der Waals surface area contributed by atoms with Crippen LogP contribution in [0.15, 0.2) is 60.7 Å². The van der Waals surface area contributed by atoms with Gasteiger partial charge in [0.05, 0.1) is 0 Å². The maximum Gasteiger partial charge on any atom is 0.407 e. The van der Waals surface area contributed by atoms with Crippen molar-refractivity contribution in [3.8, 4) is 0 Å². The molecule has 0 aromatic heterocycles. The Kier molecular flexibility index (Phi) is 49.2. The summed E-state index contributed by atoms with van der Waals surface area (Å²) in [6, 6.07) is 23.2. The molecule has 3 amide bonds. The Hall–Kier alpha value is -3.51. The van der Waals surface area contributed by atoms with E-state index >= 15 is 0 Å². The zero-order valence-electron chi connectivity index (χ0n) is 49.8. The average molecular weight is 975 g/mol. The van der Waals surface area contributed by atoms with E-state index in [1.165, 1.54) is 57.2 Å². The van der Waals surface area contributed by atoms with Crippen LogP contribution in [0.2, 0.25) is 0 Å². The summed E-state index contributed by atoms with van der Waals surface area (Å²) in [5, 5.41) is 5.85. The molecule has 0 bridgehead atoms. The lowest BCUT2D eigenvalue weighted by Gasteiger charge is -2.29. The molecule has 69 heavy (non-hydrogen) atoms. The van der Waals surface area contributed by atoms with E-state index in [0.29, 0.717) is 24.2 Å². The van der Waals surface area contributed by atoms with Crippen LogP contribution in [-0.2, 0) is 16.0 Å². The lowest BCUT2D eigenvalue weighted by molar-refractivity contribution is -0.128. The number of likely N-dealkylation sites (tertiary alicyclic amines) is 1. The number of ether oxygens (including phenoxy) is 1. The Morgan fingerprint density at radius 2 is 1.09 bits per heavy atom. The van der Waals surface area contributed by atoms with Crippen molar-refractivity contribution in [2.24, 2.45) is 11.7 Å². The number of amides is 3. The number of nitrogens with one attached hydrogen (secondary N) is 2. The minimum absolute atomic E-state index is 0.0793. The highest BCUT2D eigenvalue weighted by molar-refractivity contribution is 5.94. The third kappa shape index (κ3) is 57.0. The molecule has 0 saturated carbocycles. The maximum atomic E-state index is 11.7. The number of hydrogen-bond acceptors (Lipinski definition) is 8. The number of nitrogens with two attached hydrogens (primary N) is 1. The molecule has 1 saturated heterocycles. The SMILES string of the molecule is CC(=O)N(C)C(C)C.CC(C)CCCc1ccccc1.CC(C)N.CC(C)N(C)C.CC(C)N(C)C(=O)c1ccccc1.CC(C)N1CCCCC1.CC(C)NC(=O)OC(C)(C)C.CCNC(C)C. The predicted molar refractivity (Wildman–Crippen MR) is 303 cm³/mol. The molecule has 0 radical (unpaired) electrons. The Balaban J connectivity index is -0.000000231. The number of hydrogen-bond donors (Lipinski definition) is 3. The second-order valence-electron chi connectivity index (χ2n) is 21.4. The predicted octanol–water partition coefficient (Wildman–Crippen LogP) is 12.8. The minimum atomic E-state index is -0.404. The third-order valence-electron chi connectivity index (χ3n) is 10.0. The van der Waals surface area contributed by atoms with Gasteiger partial charge < -0.3 is 40.7 Å². The van der Waals surface area contributed by atoms with E-state index in [1.807, 2.05) is 114 Å². The summed E-state index contributed by atoms with van der Waals surface area (Å²) in [4.78, 5) is 41.3. The summed E-state index contributed by atoms with van der Waals surface area (Å²) in [6.45, 7) is 46.3. The zero-order chi connectivity index (χ0) is 54.9. The molecule has 1 heterocycles. The van der Waals surface area contributed by atoms with Crippen molar-refractivity contribution in [2.45, 2.75) is 232 Å². The second-order valence-corrected chi connectivity index (χ2v) is 21.4. The van der Waals surface area contributed by atoms with Gasteiger partial charge in [0.1, 0.15) is 5.60 Å². The number of benzene rings is 2. The molecule has 1 aliphatic heterocycles. The van der Waals surface area contributed by atoms with Crippen LogP contribution in [0.3, 0.4) is 0 Å². The number of rotatable bonds is 12. The van der Waals surface area contributed by atoms with Gasteiger partial charge >= 0.3 is 6.09 Å². The van der Waals surface area contributed by atoms with Crippen molar-refractivity contribution in [1.82, 2.24) is 30.2 Å². The first-order valence-corrected chi connectivity index (χ1v) is 26.2. The van der Waals surface area contributed by atoms with E-state index in [-0.39, 0.29) is 30.0 Å². The summed E-state index contributed by atoms with van der Waals surface area (Å²) in [5.74, 6) is 1.05. The fourth-order valence-electron chi connectivity index (χ4n) is 5.13. The van der Waals surface area contributed by atoms with Crippen LogP contribution < -0.4 is 16.4 Å². The number of nitrogens with zero attached hydrogens (tertiary/aromatic N) is 4. The third-order valence-corrected chi connectivity index (χ3v) is 10.0. The zero-order valence-corrected chi connectivity index (χ0v) is 49.8. The highest BCUT2D eigenvalue weighted by Crippen LogP contribution is 2.12. The Morgan fingerprint density at radius 3 is 1.35 bits per heavy atom. The van der Waals surface area contributed by atoms with Crippen LogP contribution >= 0.6 is 0 Å². The van der Waals surface area contributed by atoms with Gasteiger partial charge in [-0.3, -0.25) is 9.59 Å². The lowest BCUT2D eigenvalue weighted by atomic mass is 10.0. The van der Waals surface area contributed by atoms with Crippen LogP contribution in [0.1, 0.15) is 193 Å². The van der Waals surface area contributed by atoms with Crippen LogP contribution in [0.4, 0.5) is 4.79 Å². The largest absolute Gasteiger partial charge is 0.444 e. The number of aryl methyl sites for hydroxylation is 1. The Bertz CT molecular complexity index is 1430. The normalized spacial score (nSPS) is 12.0. The van der Waals surface area contributed by atoms with Crippen molar-refractivity contribution < 1.29 is 19.1 Å². The van der Waals surface area contributed by atoms with Gasteiger partial charge in [-0.05, 0) is 179 Å². The molecular weight excluding hydrogens is 859 g/mol. The van der Waals surface area contributed by atoms with Gasteiger partial charge in [0, 0.05) is 62.8 Å². The van der Waals surface area contributed by atoms with Gasteiger partial charge in [0.25, 0.3) is 5.91 Å². The van der Waals surface area contributed by atoms with Crippen molar-refractivity contribution in [1.29, 1.82) is 0 Å². The first-order chi connectivity index (χ1) is 31.7. The second kappa shape index (κ2) is 45.6. The maximum absolute atomic E-state index is 11.7. The highest BCUT2D eigenvalue weighted by atomic mass is 16.6. The van der Waals surface area contributed by atoms with Crippen molar-refractivity contribution in [3.05, 3.63) is 71.8 Å². The van der Waals surface area contributed by atoms with Gasteiger partial charge in [-0.2, -0.15) is 0 Å². The lowest BCUT2D eigenvalue weighted by Crippen LogP contribution is -2.36. The quantitative estimate of drug-likeness (QED) is 0.192. The molecule has 1 aliphatic rings. The van der Waals surface area contributed by atoms with E-state index in [9.17, 15) is 14.4 Å². The fraction of sp³-hybridized carbons (Fsp3) is 0.741. The summed E-state index contributed by atoms with van der Waals surface area (Å²) >= 11 is 0. The molecular formula is C58H115N7O4. The van der Waals surface area contributed by atoms with Crippen molar-refractivity contribution in [2.75, 3.05) is 47.8 Å². The molecule has 0 aliphatic carbocycles. The monoisotopic (exact) mass is 974 g/mol. The average Bonchev–Trinajstić information content (AvgIpc) is 3.23. The van der Waals surface area contributed by atoms with E-state index in [0.717, 1.165) is 24.1 Å². The summed E-state index contributed by atoms with van der Waals surface area (Å²) in [6.07, 6.45) is 7.82. The van der Waals surface area contributed by atoms with E-state index < -0.39 is 5.60 Å². The topological polar surface area (TPSA) is 123 Å². The van der Waals surface area contributed by atoms with Crippen LogP contribution in [0.25, 0.3) is 0 Å². The molecule has 11 heteroatoms. The van der Waals surface area contributed by atoms with Crippen LogP contribution in [0, 0.1) is 5.92 Å². The first kappa shape index (κ1) is 74.4. The van der Waals surface area contributed by atoms with E-state index in [1.54, 1.807) is 23.8 Å². The van der Waals surface area contributed by atoms with Gasteiger partial charge in [0.15, 0.2) is 0 Å². The molecule has 0 spiro atoms. The molecule has 3 rings (SSSR count). The fourth-order valence-corrected chi connectivity index (χ4v) is 5.13. The number of carbonyl (C=O) groups is 3. The van der Waals surface area contributed by atoms with Gasteiger partial charge in [-0.15, -0.1) is 0 Å². The minimum Gasteiger partial charge on any atom is -0.444 e. The number of piperidine rings is 1. The van der Waals surface area contributed by atoms with Crippen LogP contribution in [0.5, 0.6) is 0 Å². The van der Waals surface area contributed by atoms with Crippen molar-refractivity contribution in [3.63, 3.8) is 0 Å². The van der Waals surface area contributed by atoms with E-state index in [2.05, 4.69) is 127 Å². The van der Waals surface area contributed by atoms with Crippen LogP contribution in [-0.4, -0.2) is 133 Å². The number of carbonyl (C=O) groups excluding carboxylic acids is 3. The summed E-state index contributed by atoms with van der Waals surface area (Å²) < 4.78 is 5.00.